The summed E-state index contributed by atoms with van der Waals surface area (Å²) in [5, 5.41) is 0. The lowest BCUT2D eigenvalue weighted by atomic mass is 10.0. The van der Waals surface area contributed by atoms with Crippen LogP contribution in [0, 0.1) is 19.7 Å². The first kappa shape index (κ1) is 21.7. The first-order valence-corrected chi connectivity index (χ1v) is 8.03. The molecule has 0 bridgehead atoms. The average molecular weight is 331 g/mol. The molecule has 0 aliphatic rings. The van der Waals surface area contributed by atoms with Crippen LogP contribution in [-0.2, 0) is 0 Å². The van der Waals surface area contributed by atoms with E-state index in [1.54, 1.807) is 6.07 Å². The van der Waals surface area contributed by atoms with Gasteiger partial charge in [0.15, 0.2) is 0 Å². The molecule has 0 fully saturated rings. The molecule has 2 aromatic rings. The maximum Gasteiger partial charge on any atom is 0.123 e. The largest absolute Gasteiger partial charge is 0.255 e. The van der Waals surface area contributed by atoms with E-state index in [2.05, 4.69) is 11.1 Å². The predicted molar refractivity (Wildman–Crippen MR) is 101 cm³/mol. The number of hydrogen-bond donors (Lipinski definition) is 0. The second-order valence-corrected chi connectivity index (χ2v) is 4.72. The summed E-state index contributed by atoms with van der Waals surface area (Å²) in [6.07, 6.45) is 7.98. The third kappa shape index (κ3) is 6.45. The fourth-order valence-electron chi connectivity index (χ4n) is 2.09. The smallest absolute Gasteiger partial charge is 0.123 e. The Morgan fingerprint density at radius 2 is 1.67 bits per heavy atom. The minimum Gasteiger partial charge on any atom is -0.255 e. The van der Waals surface area contributed by atoms with Crippen molar-refractivity contribution in [1.29, 1.82) is 0 Å². The van der Waals surface area contributed by atoms with Crippen molar-refractivity contribution in [2.24, 2.45) is 0 Å². The molecule has 0 aliphatic heterocycles. The number of alkyl halides is 1. The van der Waals surface area contributed by atoms with Crippen molar-refractivity contribution >= 4 is 6.08 Å². The molecule has 0 amide bonds. The Kier molecular flexibility index (Phi) is 11.0. The Hall–Kier alpha value is -2.29. The number of halogens is 2. The molecule has 24 heavy (non-hydrogen) atoms. The average Bonchev–Trinajstić information content (AvgIpc) is 2.61. The predicted octanol–water partition coefficient (Wildman–Crippen LogP) is 6.71. The van der Waals surface area contributed by atoms with E-state index in [0.717, 1.165) is 28.1 Å². The van der Waals surface area contributed by atoms with Crippen LogP contribution in [0.1, 0.15) is 37.6 Å². The van der Waals surface area contributed by atoms with E-state index in [1.807, 2.05) is 65.0 Å². The van der Waals surface area contributed by atoms with Crippen LogP contribution in [0.5, 0.6) is 0 Å². The maximum atomic E-state index is 13.3. The maximum absolute atomic E-state index is 13.3. The van der Waals surface area contributed by atoms with Crippen LogP contribution in [0.2, 0.25) is 0 Å². The molecule has 3 heteroatoms. The highest BCUT2D eigenvalue weighted by molar-refractivity contribution is 5.66. The van der Waals surface area contributed by atoms with Gasteiger partial charge in [0.1, 0.15) is 5.82 Å². The molecule has 130 valence electrons. The van der Waals surface area contributed by atoms with E-state index in [-0.39, 0.29) is 5.82 Å². The lowest BCUT2D eigenvalue weighted by Gasteiger charge is -2.09. The highest BCUT2D eigenvalue weighted by Crippen LogP contribution is 2.24. The Morgan fingerprint density at radius 3 is 2.25 bits per heavy atom. The number of rotatable bonds is 3. The second kappa shape index (κ2) is 12.2. The SMILES string of the molecule is C/C=C\C=C/c1cc(C)c(-c2cccc(F)c2)nc1C.CC.CF. The summed E-state index contributed by atoms with van der Waals surface area (Å²) >= 11 is 0. The molecule has 1 nitrogen and oxygen atoms in total. The van der Waals surface area contributed by atoms with Crippen LogP contribution in [-0.4, -0.2) is 12.2 Å². The van der Waals surface area contributed by atoms with Gasteiger partial charge in [0.2, 0.25) is 0 Å². The molecular formula is C21H27F2N. The van der Waals surface area contributed by atoms with Gasteiger partial charge in [-0.3, -0.25) is 9.37 Å². The summed E-state index contributed by atoms with van der Waals surface area (Å²) in [5.41, 5.74) is 4.72. The van der Waals surface area contributed by atoms with Gasteiger partial charge in [-0.25, -0.2) is 4.39 Å². The molecule has 0 radical (unpaired) electrons. The number of benzene rings is 1. The first-order valence-electron chi connectivity index (χ1n) is 8.03. The lowest BCUT2D eigenvalue weighted by molar-refractivity contribution is 0.628. The molecule has 0 unspecified atom stereocenters. The zero-order chi connectivity index (χ0) is 18.5. The van der Waals surface area contributed by atoms with Crippen LogP contribution >= 0.6 is 0 Å². The van der Waals surface area contributed by atoms with Crippen molar-refractivity contribution < 1.29 is 8.78 Å². The van der Waals surface area contributed by atoms with Crippen LogP contribution in [0.15, 0.2) is 48.6 Å². The molecular weight excluding hydrogens is 304 g/mol. The van der Waals surface area contributed by atoms with Gasteiger partial charge >= 0.3 is 0 Å². The monoisotopic (exact) mass is 331 g/mol. The highest BCUT2D eigenvalue weighted by Gasteiger charge is 2.07. The molecule has 0 saturated carbocycles. The van der Waals surface area contributed by atoms with E-state index < -0.39 is 0 Å². The summed E-state index contributed by atoms with van der Waals surface area (Å²) in [6.45, 7) is 9.95. The number of pyridine rings is 1. The van der Waals surface area contributed by atoms with Crippen molar-refractivity contribution in [3.05, 3.63) is 71.2 Å². The summed E-state index contributed by atoms with van der Waals surface area (Å²) in [4.78, 5) is 4.62. The van der Waals surface area contributed by atoms with Crippen molar-refractivity contribution in [2.45, 2.75) is 34.6 Å². The Labute approximate surface area is 144 Å². The van der Waals surface area contributed by atoms with E-state index in [1.165, 1.54) is 12.1 Å². The normalized spacial score (nSPS) is 10.2. The van der Waals surface area contributed by atoms with E-state index in [0.29, 0.717) is 7.18 Å². The molecule has 0 atom stereocenters. The summed E-state index contributed by atoms with van der Waals surface area (Å²) < 4.78 is 22.8. The van der Waals surface area contributed by atoms with Crippen LogP contribution in [0.4, 0.5) is 8.78 Å². The Balaban J connectivity index is 0.00000123. The van der Waals surface area contributed by atoms with Crippen LogP contribution < -0.4 is 0 Å². The minimum atomic E-state index is -0.238. The minimum absolute atomic E-state index is 0.238. The molecule has 0 saturated heterocycles. The van der Waals surface area contributed by atoms with Gasteiger partial charge in [0.25, 0.3) is 0 Å². The van der Waals surface area contributed by atoms with Crippen molar-refractivity contribution in [2.75, 3.05) is 7.18 Å². The Bertz CT molecular complexity index is 674. The first-order chi connectivity index (χ1) is 11.6. The summed E-state index contributed by atoms with van der Waals surface area (Å²) in [5.74, 6) is -0.238. The molecule has 0 N–H and O–H groups in total. The van der Waals surface area contributed by atoms with Crippen LogP contribution in [0.25, 0.3) is 17.3 Å². The molecule has 1 aromatic heterocycles. The van der Waals surface area contributed by atoms with Gasteiger partial charge in [0.05, 0.1) is 12.9 Å². The third-order valence-electron chi connectivity index (χ3n) is 3.12. The fourth-order valence-corrected chi connectivity index (χ4v) is 2.09. The van der Waals surface area contributed by atoms with Gasteiger partial charge < -0.3 is 0 Å². The van der Waals surface area contributed by atoms with Gasteiger partial charge in [-0.05, 0) is 50.1 Å². The quantitative estimate of drug-likeness (QED) is 0.570. The van der Waals surface area contributed by atoms with E-state index in [4.69, 9.17) is 0 Å². The standard InChI is InChI=1S/C18H18FN.C2H6.CH3F/c1-4-5-6-8-15-11-13(2)18(20-14(15)3)16-9-7-10-17(19)12-16;2*1-2/h4-12H,1-3H3;1-2H3;1H3/b5-4-,8-6-;;. The third-order valence-corrected chi connectivity index (χ3v) is 3.12. The molecule has 0 aliphatic carbocycles. The van der Waals surface area contributed by atoms with Gasteiger partial charge in [0, 0.05) is 11.3 Å². The number of aromatic nitrogens is 1. The number of aryl methyl sites for hydroxylation is 2. The lowest BCUT2D eigenvalue weighted by Crippen LogP contribution is -1.95. The number of hydrogen-bond acceptors (Lipinski definition) is 1. The van der Waals surface area contributed by atoms with Crippen LogP contribution in [0.3, 0.4) is 0 Å². The van der Waals surface area contributed by atoms with E-state index >= 15 is 0 Å². The van der Waals surface area contributed by atoms with Gasteiger partial charge in [-0.2, -0.15) is 0 Å². The topological polar surface area (TPSA) is 12.9 Å². The van der Waals surface area contributed by atoms with Crippen molar-refractivity contribution in [3.63, 3.8) is 0 Å². The fraction of sp³-hybridized carbons (Fsp3) is 0.286. The van der Waals surface area contributed by atoms with E-state index in [9.17, 15) is 8.78 Å². The number of nitrogens with zero attached hydrogens (tertiary/aromatic N) is 1. The van der Waals surface area contributed by atoms with Gasteiger partial charge in [-0.15, -0.1) is 0 Å². The molecule has 2 rings (SSSR count). The van der Waals surface area contributed by atoms with Crippen molar-refractivity contribution in [3.8, 4) is 11.3 Å². The number of allylic oxidation sites excluding steroid dienone is 3. The Morgan fingerprint density at radius 1 is 1.00 bits per heavy atom. The molecule has 1 aromatic carbocycles. The highest BCUT2D eigenvalue weighted by atomic mass is 19.1. The molecule has 0 spiro atoms. The zero-order valence-corrected chi connectivity index (χ0v) is 15.4. The van der Waals surface area contributed by atoms with Crippen molar-refractivity contribution in [1.82, 2.24) is 4.98 Å². The summed E-state index contributed by atoms with van der Waals surface area (Å²) in [6, 6.07) is 8.64. The summed E-state index contributed by atoms with van der Waals surface area (Å²) in [7, 11) is 0.500. The molecule has 1 heterocycles. The second-order valence-electron chi connectivity index (χ2n) is 4.72. The van der Waals surface area contributed by atoms with Gasteiger partial charge in [-0.1, -0.05) is 50.3 Å². The zero-order valence-electron chi connectivity index (χ0n) is 15.4.